The second-order valence-corrected chi connectivity index (χ2v) is 7.32. The van der Waals surface area contributed by atoms with E-state index in [1.807, 2.05) is 24.4 Å². The summed E-state index contributed by atoms with van der Waals surface area (Å²) in [6.45, 7) is 0.584. The number of benzene rings is 2. The summed E-state index contributed by atoms with van der Waals surface area (Å²) < 4.78 is 13.0. The molecular formula is C21H19FN4OS. The zero-order chi connectivity index (χ0) is 19.3. The van der Waals surface area contributed by atoms with E-state index < -0.39 is 0 Å². The van der Waals surface area contributed by atoms with Crippen LogP contribution in [0.4, 0.5) is 4.39 Å². The molecule has 3 N–H and O–H groups in total. The second-order valence-electron chi connectivity index (χ2n) is 6.36. The second kappa shape index (κ2) is 8.31. The number of halogens is 1. The summed E-state index contributed by atoms with van der Waals surface area (Å²) in [5, 5.41) is 4.79. The maximum absolute atomic E-state index is 13.0. The van der Waals surface area contributed by atoms with Gasteiger partial charge in [-0.15, -0.1) is 0 Å². The van der Waals surface area contributed by atoms with Crippen molar-refractivity contribution in [2.24, 2.45) is 0 Å². The van der Waals surface area contributed by atoms with Crippen molar-refractivity contribution in [1.29, 1.82) is 0 Å². The molecule has 1 amide bonds. The molecule has 4 rings (SSSR count). The fraction of sp³-hybridized carbons (Fsp3) is 0.143. The Kier molecular flexibility index (Phi) is 5.43. The number of carbonyl (C=O) groups excluding carboxylic acids is 1. The Labute approximate surface area is 165 Å². The third-order valence-electron chi connectivity index (χ3n) is 4.44. The van der Waals surface area contributed by atoms with Crippen LogP contribution in [0.15, 0.2) is 66.1 Å². The minimum absolute atomic E-state index is 0.0374. The number of amides is 1. The largest absolute Gasteiger partial charge is 0.361 e. The van der Waals surface area contributed by atoms with Gasteiger partial charge in [0, 0.05) is 23.6 Å². The number of H-pyrrole nitrogens is 2. The summed E-state index contributed by atoms with van der Waals surface area (Å²) in [5.74, 6) is -0.0312. The Hall–Kier alpha value is -3.06. The van der Waals surface area contributed by atoms with E-state index in [0.29, 0.717) is 11.7 Å². The Morgan fingerprint density at radius 1 is 1.14 bits per heavy atom. The number of rotatable bonds is 7. The van der Waals surface area contributed by atoms with E-state index >= 15 is 0 Å². The van der Waals surface area contributed by atoms with Gasteiger partial charge >= 0.3 is 0 Å². The molecule has 0 radical (unpaired) electrons. The first-order valence-corrected chi connectivity index (χ1v) is 9.93. The number of fused-ring (bicyclic) bond motifs is 1. The summed E-state index contributed by atoms with van der Waals surface area (Å²) in [6.07, 6.45) is 4.45. The summed E-state index contributed by atoms with van der Waals surface area (Å²) in [6, 6.07) is 14.3. The Morgan fingerprint density at radius 2 is 1.96 bits per heavy atom. The topological polar surface area (TPSA) is 73.6 Å². The molecule has 0 unspecified atom stereocenters. The monoisotopic (exact) mass is 394 g/mol. The van der Waals surface area contributed by atoms with Gasteiger partial charge < -0.3 is 15.3 Å². The molecule has 0 atom stereocenters. The maximum atomic E-state index is 13.0. The molecule has 4 aromatic rings. The summed E-state index contributed by atoms with van der Waals surface area (Å²) in [4.78, 5) is 22.8. The average Bonchev–Trinajstić information content (AvgIpc) is 3.35. The van der Waals surface area contributed by atoms with E-state index in [1.165, 1.54) is 34.8 Å². The number of nitrogens with zero attached hydrogens (tertiary/aromatic N) is 1. The van der Waals surface area contributed by atoms with Gasteiger partial charge in [0.2, 0.25) is 5.91 Å². The highest BCUT2D eigenvalue weighted by Gasteiger charge is 2.08. The van der Waals surface area contributed by atoms with Crippen molar-refractivity contribution in [3.8, 4) is 11.3 Å². The van der Waals surface area contributed by atoms with Crippen molar-refractivity contribution < 1.29 is 9.18 Å². The van der Waals surface area contributed by atoms with Crippen LogP contribution in [0, 0.1) is 5.82 Å². The first-order chi connectivity index (χ1) is 13.7. The van der Waals surface area contributed by atoms with Gasteiger partial charge in [-0.2, -0.15) is 0 Å². The zero-order valence-electron chi connectivity index (χ0n) is 15.0. The lowest BCUT2D eigenvalue weighted by atomic mass is 10.1. The molecule has 142 valence electrons. The van der Waals surface area contributed by atoms with E-state index in [0.717, 1.165) is 23.2 Å². The van der Waals surface area contributed by atoms with E-state index in [9.17, 15) is 9.18 Å². The minimum atomic E-state index is -0.276. The molecule has 0 aliphatic carbocycles. The molecule has 2 aromatic carbocycles. The average molecular weight is 394 g/mol. The molecular weight excluding hydrogens is 375 g/mol. The number of aromatic amines is 2. The van der Waals surface area contributed by atoms with Crippen LogP contribution in [0.1, 0.15) is 5.56 Å². The van der Waals surface area contributed by atoms with Crippen molar-refractivity contribution in [2.45, 2.75) is 11.6 Å². The molecule has 7 heteroatoms. The van der Waals surface area contributed by atoms with Crippen molar-refractivity contribution in [1.82, 2.24) is 20.3 Å². The summed E-state index contributed by atoms with van der Waals surface area (Å²) in [7, 11) is 0. The maximum Gasteiger partial charge on any atom is 0.230 e. The molecule has 0 spiro atoms. The van der Waals surface area contributed by atoms with Gasteiger partial charge in [-0.1, -0.05) is 30.0 Å². The molecule has 28 heavy (non-hydrogen) atoms. The molecule has 0 bridgehead atoms. The quantitative estimate of drug-likeness (QED) is 0.412. The fourth-order valence-corrected chi connectivity index (χ4v) is 3.69. The molecule has 0 aliphatic heterocycles. The van der Waals surface area contributed by atoms with Crippen molar-refractivity contribution >= 4 is 28.6 Å². The molecule has 0 saturated heterocycles. The first kappa shape index (κ1) is 18.3. The summed E-state index contributed by atoms with van der Waals surface area (Å²) in [5.41, 5.74) is 3.94. The highest BCUT2D eigenvalue weighted by atomic mass is 32.2. The SMILES string of the molecule is O=C(CSc1ncc(-c2ccc(F)cc2)[nH]1)NCCc1c[nH]c2ccccc12. The summed E-state index contributed by atoms with van der Waals surface area (Å²) >= 11 is 1.34. The van der Waals surface area contributed by atoms with E-state index in [2.05, 4.69) is 26.3 Å². The fourth-order valence-electron chi connectivity index (χ4n) is 3.01. The van der Waals surface area contributed by atoms with Crippen LogP contribution in [0.3, 0.4) is 0 Å². The first-order valence-electron chi connectivity index (χ1n) is 8.94. The standard InChI is InChI=1S/C21H19FN4OS/c22-16-7-5-14(6-8-16)19-12-25-21(26-19)28-13-20(27)23-10-9-15-11-24-18-4-2-1-3-17(15)18/h1-8,11-12,24H,9-10,13H2,(H,23,27)(H,25,26). The predicted molar refractivity (Wildman–Crippen MR) is 110 cm³/mol. The number of nitrogens with one attached hydrogen (secondary N) is 3. The number of imidazole rings is 1. The van der Waals surface area contributed by atoms with Crippen LogP contribution in [0.2, 0.25) is 0 Å². The molecule has 0 saturated carbocycles. The van der Waals surface area contributed by atoms with E-state index in [-0.39, 0.29) is 17.5 Å². The Balaban J connectivity index is 1.25. The van der Waals surface area contributed by atoms with Crippen LogP contribution >= 0.6 is 11.8 Å². The van der Waals surface area contributed by atoms with Gasteiger partial charge in [0.05, 0.1) is 17.6 Å². The predicted octanol–water partition coefficient (Wildman–Crippen LogP) is 4.15. The van der Waals surface area contributed by atoms with E-state index in [1.54, 1.807) is 18.3 Å². The normalized spacial score (nSPS) is 11.0. The van der Waals surface area contributed by atoms with Gasteiger partial charge in [-0.25, -0.2) is 9.37 Å². The van der Waals surface area contributed by atoms with Gasteiger partial charge in [0.25, 0.3) is 0 Å². The number of hydrogen-bond donors (Lipinski definition) is 3. The Morgan fingerprint density at radius 3 is 2.82 bits per heavy atom. The Bertz CT molecular complexity index is 1090. The van der Waals surface area contributed by atoms with Crippen LogP contribution in [-0.2, 0) is 11.2 Å². The molecule has 2 aromatic heterocycles. The van der Waals surface area contributed by atoms with Crippen molar-refractivity contribution in [3.63, 3.8) is 0 Å². The molecule has 2 heterocycles. The van der Waals surface area contributed by atoms with Gasteiger partial charge in [0.1, 0.15) is 5.82 Å². The van der Waals surface area contributed by atoms with Crippen molar-refractivity contribution in [3.05, 3.63) is 72.3 Å². The zero-order valence-corrected chi connectivity index (χ0v) is 15.9. The van der Waals surface area contributed by atoms with Crippen LogP contribution in [0.25, 0.3) is 22.2 Å². The van der Waals surface area contributed by atoms with Crippen LogP contribution < -0.4 is 5.32 Å². The lowest BCUT2D eigenvalue weighted by molar-refractivity contribution is -0.118. The lowest BCUT2D eigenvalue weighted by Crippen LogP contribution is -2.27. The van der Waals surface area contributed by atoms with Gasteiger partial charge in [-0.3, -0.25) is 4.79 Å². The smallest absolute Gasteiger partial charge is 0.230 e. The van der Waals surface area contributed by atoms with Gasteiger partial charge in [0.15, 0.2) is 5.16 Å². The van der Waals surface area contributed by atoms with Crippen molar-refractivity contribution in [2.75, 3.05) is 12.3 Å². The molecule has 5 nitrogen and oxygen atoms in total. The van der Waals surface area contributed by atoms with Crippen LogP contribution in [0.5, 0.6) is 0 Å². The number of aromatic nitrogens is 3. The number of hydrogen-bond acceptors (Lipinski definition) is 3. The molecule has 0 aliphatic rings. The lowest BCUT2D eigenvalue weighted by Gasteiger charge is -2.04. The number of carbonyl (C=O) groups is 1. The van der Waals surface area contributed by atoms with Gasteiger partial charge in [-0.05, 0) is 47.9 Å². The number of para-hydroxylation sites is 1. The third kappa shape index (κ3) is 4.26. The van der Waals surface area contributed by atoms with E-state index in [4.69, 9.17) is 0 Å². The molecule has 0 fully saturated rings. The highest BCUT2D eigenvalue weighted by Crippen LogP contribution is 2.21. The number of thioether (sulfide) groups is 1. The van der Waals surface area contributed by atoms with Crippen LogP contribution in [-0.4, -0.2) is 33.2 Å². The minimum Gasteiger partial charge on any atom is -0.361 e. The third-order valence-corrected chi connectivity index (χ3v) is 5.33. The highest BCUT2D eigenvalue weighted by molar-refractivity contribution is 7.99.